The second-order valence-corrected chi connectivity index (χ2v) is 4.37. The van der Waals surface area contributed by atoms with E-state index in [4.69, 9.17) is 4.42 Å². The van der Waals surface area contributed by atoms with E-state index in [0.29, 0.717) is 0 Å². The van der Waals surface area contributed by atoms with Gasteiger partial charge < -0.3 is 4.42 Å². The average molecular weight is 223 g/mol. The van der Waals surface area contributed by atoms with Gasteiger partial charge in [0.1, 0.15) is 5.69 Å². The molecule has 0 unspecified atom stereocenters. The molecule has 3 aromatic rings. The molecule has 0 atom stereocenters. The number of aryl methyl sites for hydroxylation is 2. The second-order valence-electron chi connectivity index (χ2n) is 4.37. The van der Waals surface area contributed by atoms with Crippen molar-refractivity contribution in [3.8, 4) is 11.3 Å². The standard InChI is InChI=1S/C15H13NO/c1-10-7-11(2)9-13(8-10)14-15-12(3-5-16-14)4-6-17-15/h3-9H,1-2H3. The van der Waals surface area contributed by atoms with E-state index in [9.17, 15) is 0 Å². The van der Waals surface area contributed by atoms with Crippen LogP contribution in [0.2, 0.25) is 0 Å². The van der Waals surface area contributed by atoms with Crippen molar-refractivity contribution in [3.05, 3.63) is 53.9 Å². The lowest BCUT2D eigenvalue weighted by molar-refractivity contribution is 0.615. The number of aromatic nitrogens is 1. The van der Waals surface area contributed by atoms with Crippen LogP contribution >= 0.6 is 0 Å². The molecular formula is C15H13NO. The summed E-state index contributed by atoms with van der Waals surface area (Å²) in [7, 11) is 0. The van der Waals surface area contributed by atoms with E-state index in [2.05, 4.69) is 37.0 Å². The lowest BCUT2D eigenvalue weighted by Crippen LogP contribution is -1.86. The van der Waals surface area contributed by atoms with Gasteiger partial charge in [0.2, 0.25) is 0 Å². The van der Waals surface area contributed by atoms with Gasteiger partial charge in [0.15, 0.2) is 5.58 Å². The fourth-order valence-corrected chi connectivity index (χ4v) is 2.21. The number of furan rings is 1. The van der Waals surface area contributed by atoms with Crippen molar-refractivity contribution in [2.45, 2.75) is 13.8 Å². The molecule has 0 aliphatic carbocycles. The molecule has 2 heteroatoms. The van der Waals surface area contributed by atoms with E-state index >= 15 is 0 Å². The van der Waals surface area contributed by atoms with Gasteiger partial charge in [-0.1, -0.05) is 17.2 Å². The maximum atomic E-state index is 5.52. The first-order valence-corrected chi connectivity index (χ1v) is 5.65. The molecule has 0 fully saturated rings. The predicted octanol–water partition coefficient (Wildman–Crippen LogP) is 4.11. The zero-order valence-corrected chi connectivity index (χ0v) is 9.90. The molecule has 0 saturated heterocycles. The van der Waals surface area contributed by atoms with E-state index < -0.39 is 0 Å². The second kappa shape index (κ2) is 3.74. The van der Waals surface area contributed by atoms with Crippen molar-refractivity contribution in [1.82, 2.24) is 4.98 Å². The van der Waals surface area contributed by atoms with E-state index in [1.54, 1.807) is 6.26 Å². The normalized spacial score (nSPS) is 10.9. The number of benzene rings is 1. The number of rotatable bonds is 1. The van der Waals surface area contributed by atoms with E-state index in [0.717, 1.165) is 22.2 Å². The van der Waals surface area contributed by atoms with Gasteiger partial charge in [0.05, 0.1) is 6.26 Å². The van der Waals surface area contributed by atoms with Crippen molar-refractivity contribution < 1.29 is 4.42 Å². The van der Waals surface area contributed by atoms with Crippen molar-refractivity contribution in [2.24, 2.45) is 0 Å². The van der Waals surface area contributed by atoms with Crippen LogP contribution < -0.4 is 0 Å². The Morgan fingerprint density at radius 2 is 1.76 bits per heavy atom. The molecule has 0 spiro atoms. The number of pyridine rings is 1. The Kier molecular flexibility index (Phi) is 2.22. The fraction of sp³-hybridized carbons (Fsp3) is 0.133. The maximum absolute atomic E-state index is 5.52. The van der Waals surface area contributed by atoms with Crippen LogP contribution in [0.5, 0.6) is 0 Å². The highest BCUT2D eigenvalue weighted by Crippen LogP contribution is 2.28. The van der Waals surface area contributed by atoms with Crippen molar-refractivity contribution in [1.29, 1.82) is 0 Å². The molecule has 84 valence electrons. The molecule has 0 bridgehead atoms. The molecular weight excluding hydrogens is 210 g/mol. The van der Waals surface area contributed by atoms with Gasteiger partial charge in [-0.05, 0) is 38.1 Å². The highest BCUT2D eigenvalue weighted by atomic mass is 16.3. The summed E-state index contributed by atoms with van der Waals surface area (Å²) in [6.45, 7) is 4.19. The first-order valence-electron chi connectivity index (χ1n) is 5.65. The van der Waals surface area contributed by atoms with Crippen LogP contribution in [0.25, 0.3) is 22.2 Å². The van der Waals surface area contributed by atoms with Crippen molar-refractivity contribution >= 4 is 11.0 Å². The molecule has 2 aromatic heterocycles. The zero-order chi connectivity index (χ0) is 11.8. The Bertz CT molecular complexity index is 662. The zero-order valence-electron chi connectivity index (χ0n) is 9.90. The summed E-state index contributed by atoms with van der Waals surface area (Å²) >= 11 is 0. The lowest BCUT2D eigenvalue weighted by Gasteiger charge is -2.04. The van der Waals surface area contributed by atoms with Crippen LogP contribution in [0.3, 0.4) is 0 Å². The molecule has 3 rings (SSSR count). The molecule has 0 saturated carbocycles. The minimum absolute atomic E-state index is 0.859. The molecule has 0 amide bonds. The molecule has 0 N–H and O–H groups in total. The largest absolute Gasteiger partial charge is 0.462 e. The Labute approximate surface area is 99.9 Å². The van der Waals surface area contributed by atoms with Crippen molar-refractivity contribution in [3.63, 3.8) is 0 Å². The Balaban J connectivity index is 2.30. The summed E-state index contributed by atoms with van der Waals surface area (Å²) in [5.74, 6) is 0. The van der Waals surface area contributed by atoms with Gasteiger partial charge in [-0.2, -0.15) is 0 Å². The third kappa shape index (κ3) is 1.72. The minimum atomic E-state index is 0.859. The third-order valence-corrected chi connectivity index (χ3v) is 2.86. The van der Waals surface area contributed by atoms with E-state index in [1.807, 2.05) is 18.3 Å². The summed E-state index contributed by atoms with van der Waals surface area (Å²) in [5, 5.41) is 1.09. The average Bonchev–Trinajstić information content (AvgIpc) is 2.75. The smallest absolute Gasteiger partial charge is 0.160 e. The van der Waals surface area contributed by atoms with Gasteiger partial charge in [-0.15, -0.1) is 0 Å². The minimum Gasteiger partial charge on any atom is -0.462 e. The van der Waals surface area contributed by atoms with Crippen molar-refractivity contribution in [2.75, 3.05) is 0 Å². The topological polar surface area (TPSA) is 26.0 Å². The summed E-state index contributed by atoms with van der Waals surface area (Å²) in [6, 6.07) is 10.4. The Hall–Kier alpha value is -2.09. The van der Waals surface area contributed by atoms with Crippen LogP contribution in [0, 0.1) is 13.8 Å². The summed E-state index contributed by atoms with van der Waals surface area (Å²) < 4.78 is 5.52. The summed E-state index contributed by atoms with van der Waals surface area (Å²) in [5.41, 5.74) is 5.37. The first-order chi connectivity index (χ1) is 8.24. The van der Waals surface area contributed by atoms with Gasteiger partial charge in [-0.3, -0.25) is 4.98 Å². The monoisotopic (exact) mass is 223 g/mol. The highest BCUT2D eigenvalue weighted by molar-refractivity contribution is 5.90. The SMILES string of the molecule is Cc1cc(C)cc(-c2nccc3ccoc23)c1. The Morgan fingerprint density at radius 1 is 1.00 bits per heavy atom. The summed E-state index contributed by atoms with van der Waals surface area (Å²) in [4.78, 5) is 4.44. The number of nitrogens with zero attached hydrogens (tertiary/aromatic N) is 1. The van der Waals surface area contributed by atoms with Crippen LogP contribution in [0.1, 0.15) is 11.1 Å². The molecule has 2 nitrogen and oxygen atoms in total. The maximum Gasteiger partial charge on any atom is 0.160 e. The van der Waals surface area contributed by atoms with Gasteiger partial charge >= 0.3 is 0 Å². The first kappa shape index (κ1) is 10.1. The highest BCUT2D eigenvalue weighted by Gasteiger charge is 2.08. The lowest BCUT2D eigenvalue weighted by atomic mass is 10.0. The number of hydrogen-bond donors (Lipinski definition) is 0. The predicted molar refractivity (Wildman–Crippen MR) is 68.9 cm³/mol. The molecule has 17 heavy (non-hydrogen) atoms. The molecule has 1 aromatic carbocycles. The van der Waals surface area contributed by atoms with Crippen LogP contribution in [-0.2, 0) is 0 Å². The van der Waals surface area contributed by atoms with E-state index in [-0.39, 0.29) is 0 Å². The van der Waals surface area contributed by atoms with Crippen LogP contribution in [-0.4, -0.2) is 4.98 Å². The third-order valence-electron chi connectivity index (χ3n) is 2.86. The van der Waals surface area contributed by atoms with Crippen LogP contribution in [0.15, 0.2) is 47.2 Å². The Morgan fingerprint density at radius 3 is 2.53 bits per heavy atom. The number of fused-ring (bicyclic) bond motifs is 1. The van der Waals surface area contributed by atoms with E-state index in [1.165, 1.54) is 11.1 Å². The number of hydrogen-bond acceptors (Lipinski definition) is 2. The molecule has 0 aliphatic rings. The molecule has 0 aliphatic heterocycles. The quantitative estimate of drug-likeness (QED) is 0.620. The molecule has 0 radical (unpaired) electrons. The fourth-order valence-electron chi connectivity index (χ4n) is 2.21. The summed E-state index contributed by atoms with van der Waals surface area (Å²) in [6.07, 6.45) is 3.53. The van der Waals surface area contributed by atoms with Gasteiger partial charge in [0, 0.05) is 17.1 Å². The van der Waals surface area contributed by atoms with Crippen LogP contribution in [0.4, 0.5) is 0 Å². The molecule has 2 heterocycles. The van der Waals surface area contributed by atoms with Gasteiger partial charge in [-0.25, -0.2) is 0 Å². The van der Waals surface area contributed by atoms with Gasteiger partial charge in [0.25, 0.3) is 0 Å².